The summed E-state index contributed by atoms with van der Waals surface area (Å²) < 4.78 is 5.22. The zero-order valence-corrected chi connectivity index (χ0v) is 22.0. The van der Waals surface area contributed by atoms with Gasteiger partial charge in [0.15, 0.2) is 0 Å². The van der Waals surface area contributed by atoms with Crippen LogP contribution < -0.4 is 5.69 Å². The average Bonchev–Trinajstić information content (AvgIpc) is 3.73. The van der Waals surface area contributed by atoms with Crippen LogP contribution in [0.1, 0.15) is 29.5 Å². The van der Waals surface area contributed by atoms with E-state index in [0.717, 1.165) is 57.2 Å². The number of aromatic nitrogens is 9. The second-order valence-corrected chi connectivity index (χ2v) is 10.1. The molecule has 0 bridgehead atoms. The van der Waals surface area contributed by atoms with E-state index in [9.17, 15) is 9.59 Å². The number of likely N-dealkylation sites (tertiary alicyclic amines) is 1. The third-order valence-electron chi connectivity index (χ3n) is 7.67. The van der Waals surface area contributed by atoms with Gasteiger partial charge >= 0.3 is 5.69 Å². The lowest BCUT2D eigenvalue weighted by molar-refractivity contribution is 0.0667. The summed E-state index contributed by atoms with van der Waals surface area (Å²) in [5, 5.41) is 11.7. The number of pyridine rings is 2. The molecule has 0 saturated carbocycles. The fourth-order valence-corrected chi connectivity index (χ4v) is 5.64. The number of carbonyl (C=O) groups is 1. The molecule has 40 heavy (non-hydrogen) atoms. The fraction of sp³-hybridized carbons (Fsp3) is 0.250. The third kappa shape index (κ3) is 3.87. The van der Waals surface area contributed by atoms with E-state index in [0.29, 0.717) is 13.1 Å². The van der Waals surface area contributed by atoms with Gasteiger partial charge in [-0.15, -0.1) is 5.10 Å². The minimum Gasteiger partial charge on any atom is -0.334 e. The molecule has 12 nitrogen and oxygen atoms in total. The van der Waals surface area contributed by atoms with Crippen molar-refractivity contribution in [3.8, 4) is 22.4 Å². The number of carbonyl (C=O) groups excluding carboxylic acids is 1. The van der Waals surface area contributed by atoms with Crippen molar-refractivity contribution in [2.24, 2.45) is 14.1 Å². The van der Waals surface area contributed by atoms with Crippen molar-refractivity contribution in [2.45, 2.75) is 18.9 Å². The monoisotopic (exact) mass is 534 g/mol. The zero-order valence-electron chi connectivity index (χ0n) is 22.0. The number of aromatic amines is 1. The Bertz CT molecular complexity index is 1930. The van der Waals surface area contributed by atoms with Gasteiger partial charge in [0, 0.05) is 56.1 Å². The number of nitrogens with zero attached hydrogens (tertiary/aromatic N) is 9. The number of nitrogens with one attached hydrogen (secondary N) is 1. The van der Waals surface area contributed by atoms with E-state index in [1.807, 2.05) is 48.3 Å². The van der Waals surface area contributed by atoms with Gasteiger partial charge in [-0.05, 0) is 36.6 Å². The molecule has 1 unspecified atom stereocenters. The molecule has 1 N–H and O–H groups in total. The Morgan fingerprint density at radius 1 is 1.00 bits per heavy atom. The van der Waals surface area contributed by atoms with Crippen molar-refractivity contribution in [2.75, 3.05) is 13.1 Å². The van der Waals surface area contributed by atoms with Crippen molar-refractivity contribution < 1.29 is 4.79 Å². The maximum absolute atomic E-state index is 13.6. The molecule has 1 aliphatic heterocycles. The van der Waals surface area contributed by atoms with Crippen molar-refractivity contribution in [3.63, 3.8) is 0 Å². The molecule has 6 aromatic rings. The number of hydrogen-bond acceptors (Lipinski definition) is 7. The highest BCUT2D eigenvalue weighted by atomic mass is 16.2. The van der Waals surface area contributed by atoms with Crippen LogP contribution >= 0.6 is 0 Å². The van der Waals surface area contributed by atoms with Gasteiger partial charge in [0.1, 0.15) is 6.33 Å². The van der Waals surface area contributed by atoms with E-state index in [-0.39, 0.29) is 23.5 Å². The van der Waals surface area contributed by atoms with Crippen molar-refractivity contribution in [1.29, 1.82) is 0 Å². The molecule has 5 aromatic heterocycles. The zero-order chi connectivity index (χ0) is 27.4. The molecule has 1 aliphatic rings. The number of imidazole rings is 1. The molecule has 6 heterocycles. The highest BCUT2D eigenvalue weighted by molar-refractivity contribution is 6.04. The van der Waals surface area contributed by atoms with Crippen molar-refractivity contribution >= 4 is 27.8 Å². The second kappa shape index (κ2) is 9.26. The van der Waals surface area contributed by atoms with Crippen LogP contribution in [0.25, 0.3) is 44.3 Å². The first kappa shape index (κ1) is 23.9. The van der Waals surface area contributed by atoms with Gasteiger partial charge in [0.2, 0.25) is 5.82 Å². The highest BCUT2D eigenvalue weighted by Crippen LogP contribution is 2.32. The first-order valence-corrected chi connectivity index (χ1v) is 13.1. The van der Waals surface area contributed by atoms with Crippen molar-refractivity contribution in [1.82, 2.24) is 49.0 Å². The van der Waals surface area contributed by atoms with Gasteiger partial charge in [-0.25, -0.2) is 9.78 Å². The van der Waals surface area contributed by atoms with Crippen LogP contribution in [0.5, 0.6) is 0 Å². The SMILES string of the molecule is Cn1cc(-c2ccc(-c3ccc4ncc5c(c4c3)n(C3CCCN(C(=O)c4nc[nH]n4)C3)c(=O)n5C)cn2)cn1. The Morgan fingerprint density at radius 2 is 1.88 bits per heavy atom. The molecule has 7 rings (SSSR count). The van der Waals surface area contributed by atoms with Crippen LogP contribution in [0.2, 0.25) is 0 Å². The molecule has 1 saturated heterocycles. The van der Waals surface area contributed by atoms with Crippen LogP contribution in [0.4, 0.5) is 0 Å². The molecule has 1 fully saturated rings. The van der Waals surface area contributed by atoms with Crippen LogP contribution in [-0.2, 0) is 14.1 Å². The number of hydrogen-bond donors (Lipinski definition) is 1. The van der Waals surface area contributed by atoms with Crippen LogP contribution in [-0.4, -0.2) is 68.0 Å². The molecule has 1 atom stereocenters. The summed E-state index contributed by atoms with van der Waals surface area (Å²) in [6.07, 6.45) is 10.3. The summed E-state index contributed by atoms with van der Waals surface area (Å²) in [6.45, 7) is 0.994. The molecule has 0 aliphatic carbocycles. The Balaban J connectivity index is 1.31. The minimum absolute atomic E-state index is 0.130. The van der Waals surface area contributed by atoms with E-state index >= 15 is 0 Å². The number of aryl methyl sites for hydroxylation is 2. The summed E-state index contributed by atoms with van der Waals surface area (Å²) in [7, 11) is 3.64. The number of benzene rings is 1. The molecular weight excluding hydrogens is 508 g/mol. The first-order chi connectivity index (χ1) is 19.5. The van der Waals surface area contributed by atoms with Gasteiger partial charge in [-0.1, -0.05) is 12.1 Å². The Labute approximate surface area is 227 Å². The summed E-state index contributed by atoms with van der Waals surface area (Å²) in [5.41, 5.74) is 5.95. The van der Waals surface area contributed by atoms with Crippen LogP contribution in [0, 0.1) is 0 Å². The number of rotatable bonds is 4. The topological polar surface area (TPSA) is 132 Å². The summed E-state index contributed by atoms with van der Waals surface area (Å²) in [6, 6.07) is 9.89. The normalized spacial score (nSPS) is 15.8. The van der Waals surface area contributed by atoms with Crippen LogP contribution in [0.3, 0.4) is 0 Å². The smallest absolute Gasteiger partial charge is 0.329 e. The fourth-order valence-electron chi connectivity index (χ4n) is 5.64. The summed E-state index contributed by atoms with van der Waals surface area (Å²) in [4.78, 5) is 41.7. The molecule has 12 heteroatoms. The number of H-pyrrole nitrogens is 1. The van der Waals surface area contributed by atoms with Crippen LogP contribution in [0.15, 0.2) is 66.2 Å². The van der Waals surface area contributed by atoms with Gasteiger partial charge in [0.25, 0.3) is 5.91 Å². The molecular formula is C28H26N10O2. The standard InChI is InChI=1S/C28H26N10O2/c1-35-14-19(12-33-35)22-7-6-18(11-29-22)17-5-8-23-21(10-17)25-24(13-30-23)36(2)28(40)38(25)20-4-3-9-37(15-20)27(39)26-31-16-32-34-26/h5-8,10-14,16,20H,3-4,9,15H2,1-2H3,(H,31,32,34). The second-order valence-electron chi connectivity index (χ2n) is 10.1. The third-order valence-corrected chi connectivity index (χ3v) is 7.67. The van der Waals surface area contributed by atoms with E-state index in [1.165, 1.54) is 6.33 Å². The Hall–Kier alpha value is -5.13. The molecule has 0 radical (unpaired) electrons. The quantitative estimate of drug-likeness (QED) is 0.368. The first-order valence-electron chi connectivity index (χ1n) is 13.1. The molecule has 200 valence electrons. The van der Waals surface area contributed by atoms with Gasteiger partial charge in [-0.3, -0.25) is 33.7 Å². The maximum atomic E-state index is 13.6. The van der Waals surface area contributed by atoms with E-state index < -0.39 is 0 Å². The van der Waals surface area contributed by atoms with Gasteiger partial charge in [0.05, 0.1) is 40.7 Å². The molecule has 1 aromatic carbocycles. The maximum Gasteiger partial charge on any atom is 0.329 e. The lowest BCUT2D eigenvalue weighted by Crippen LogP contribution is -2.43. The lowest BCUT2D eigenvalue weighted by Gasteiger charge is -2.32. The molecule has 1 amide bonds. The van der Waals surface area contributed by atoms with Gasteiger partial charge in [-0.2, -0.15) is 5.10 Å². The highest BCUT2D eigenvalue weighted by Gasteiger charge is 2.30. The number of fused-ring (bicyclic) bond motifs is 3. The van der Waals surface area contributed by atoms with E-state index in [2.05, 4.69) is 36.3 Å². The lowest BCUT2D eigenvalue weighted by atomic mass is 10.0. The predicted molar refractivity (Wildman–Crippen MR) is 148 cm³/mol. The molecule has 0 spiro atoms. The van der Waals surface area contributed by atoms with Gasteiger partial charge < -0.3 is 4.90 Å². The number of piperidine rings is 1. The average molecular weight is 535 g/mol. The minimum atomic E-state index is -0.240. The summed E-state index contributed by atoms with van der Waals surface area (Å²) in [5.74, 6) is -0.108. The largest absolute Gasteiger partial charge is 0.334 e. The van der Waals surface area contributed by atoms with E-state index in [4.69, 9.17) is 0 Å². The van der Waals surface area contributed by atoms with Crippen molar-refractivity contribution in [3.05, 3.63) is 77.8 Å². The Kier molecular flexibility index (Phi) is 5.54. The predicted octanol–water partition coefficient (Wildman–Crippen LogP) is 2.95. The van der Waals surface area contributed by atoms with E-state index in [1.54, 1.807) is 33.6 Å². The number of amides is 1. The Morgan fingerprint density at radius 3 is 2.62 bits per heavy atom. The summed E-state index contributed by atoms with van der Waals surface area (Å²) >= 11 is 0.